The molecular formula is C19H29N7O2S. The molecule has 3 heterocycles. The standard InChI is InChI=1S/C19H23N7O2S.3H2/c1-19(2,3)26-29(27,28)17-7-6-13(11-21-17)18-20-9-8-15(23-18)22-16-10-14(24-25-16)12-4-5-12;;;/h6-12,26H,4-5H2,1-3H3,(H2,20,22,23,24,25);3*1H. The lowest BCUT2D eigenvalue weighted by molar-refractivity contribution is 0.489. The van der Waals surface area contributed by atoms with E-state index in [9.17, 15) is 8.42 Å². The summed E-state index contributed by atoms with van der Waals surface area (Å²) in [5, 5.41) is 10.4. The fourth-order valence-electron chi connectivity index (χ4n) is 2.83. The molecule has 1 fully saturated rings. The largest absolute Gasteiger partial charge is 0.323 e. The Morgan fingerprint density at radius 3 is 2.59 bits per heavy atom. The summed E-state index contributed by atoms with van der Waals surface area (Å²) in [4.78, 5) is 12.8. The highest BCUT2D eigenvalue weighted by molar-refractivity contribution is 7.89. The summed E-state index contributed by atoms with van der Waals surface area (Å²) < 4.78 is 27.3. The van der Waals surface area contributed by atoms with Crippen LogP contribution >= 0.6 is 0 Å². The van der Waals surface area contributed by atoms with Crippen LogP contribution in [-0.4, -0.2) is 39.1 Å². The molecule has 0 bridgehead atoms. The Bertz CT molecular complexity index is 1130. The van der Waals surface area contributed by atoms with Crippen molar-refractivity contribution in [1.29, 1.82) is 0 Å². The number of nitrogens with zero attached hydrogens (tertiary/aromatic N) is 4. The topological polar surface area (TPSA) is 126 Å². The third-order valence-electron chi connectivity index (χ3n) is 4.24. The molecule has 0 unspecified atom stereocenters. The van der Waals surface area contributed by atoms with Gasteiger partial charge in [-0.05, 0) is 51.8 Å². The second-order valence-electron chi connectivity index (χ2n) is 8.11. The lowest BCUT2D eigenvalue weighted by Gasteiger charge is -2.19. The Morgan fingerprint density at radius 2 is 1.93 bits per heavy atom. The molecule has 1 aliphatic carbocycles. The fourth-order valence-corrected chi connectivity index (χ4v) is 4.18. The number of anilines is 2. The predicted molar refractivity (Wildman–Crippen MR) is 116 cm³/mol. The molecule has 0 aliphatic heterocycles. The van der Waals surface area contributed by atoms with Gasteiger partial charge in [-0.1, -0.05) is 0 Å². The Balaban J connectivity index is 0.00000171. The number of sulfonamides is 1. The van der Waals surface area contributed by atoms with Gasteiger partial charge in [0.2, 0.25) is 0 Å². The van der Waals surface area contributed by atoms with Crippen molar-refractivity contribution in [2.45, 2.75) is 50.1 Å². The first-order valence-electron chi connectivity index (χ1n) is 9.35. The van der Waals surface area contributed by atoms with Gasteiger partial charge in [-0.3, -0.25) is 5.10 Å². The first kappa shape index (κ1) is 19.5. The smallest absolute Gasteiger partial charge is 0.258 e. The number of aromatic amines is 1. The van der Waals surface area contributed by atoms with Crippen molar-refractivity contribution in [2.24, 2.45) is 0 Å². The fraction of sp³-hybridized carbons (Fsp3) is 0.368. The van der Waals surface area contributed by atoms with Gasteiger partial charge < -0.3 is 5.32 Å². The van der Waals surface area contributed by atoms with Crippen molar-refractivity contribution in [2.75, 3.05) is 5.32 Å². The van der Waals surface area contributed by atoms with E-state index in [2.05, 4.69) is 35.2 Å². The van der Waals surface area contributed by atoms with Gasteiger partial charge in [0.05, 0.1) is 0 Å². The summed E-state index contributed by atoms with van der Waals surface area (Å²) in [5.41, 5.74) is 1.16. The quantitative estimate of drug-likeness (QED) is 0.556. The minimum Gasteiger partial charge on any atom is -0.323 e. The Kier molecular flexibility index (Phi) is 4.83. The van der Waals surface area contributed by atoms with Crippen LogP contribution in [0.5, 0.6) is 0 Å². The summed E-state index contributed by atoms with van der Waals surface area (Å²) in [7, 11) is -3.69. The van der Waals surface area contributed by atoms with Crippen LogP contribution in [0, 0.1) is 0 Å². The second-order valence-corrected chi connectivity index (χ2v) is 9.74. The maximum atomic E-state index is 12.4. The van der Waals surface area contributed by atoms with Gasteiger partial charge in [-0.2, -0.15) is 5.10 Å². The summed E-state index contributed by atoms with van der Waals surface area (Å²) in [6.07, 6.45) is 5.48. The first-order chi connectivity index (χ1) is 13.7. The summed E-state index contributed by atoms with van der Waals surface area (Å²) >= 11 is 0. The van der Waals surface area contributed by atoms with Gasteiger partial charge in [-0.15, -0.1) is 0 Å². The number of H-pyrrole nitrogens is 1. The highest BCUT2D eigenvalue weighted by atomic mass is 32.2. The van der Waals surface area contributed by atoms with E-state index >= 15 is 0 Å². The Labute approximate surface area is 173 Å². The van der Waals surface area contributed by atoms with Crippen LogP contribution in [0.2, 0.25) is 0 Å². The van der Waals surface area contributed by atoms with E-state index in [1.54, 1.807) is 39.1 Å². The lowest BCUT2D eigenvalue weighted by Crippen LogP contribution is -2.40. The normalized spacial score (nSPS) is 14.7. The van der Waals surface area contributed by atoms with E-state index in [0.29, 0.717) is 28.9 Å². The van der Waals surface area contributed by atoms with Crippen LogP contribution < -0.4 is 10.0 Å². The maximum Gasteiger partial charge on any atom is 0.258 e. The third-order valence-corrected chi connectivity index (χ3v) is 5.91. The minimum absolute atomic E-state index is 0. The average molecular weight is 420 g/mol. The van der Waals surface area contributed by atoms with Gasteiger partial charge in [0.15, 0.2) is 16.7 Å². The van der Waals surface area contributed by atoms with Crippen molar-refractivity contribution in [1.82, 2.24) is 29.9 Å². The summed E-state index contributed by atoms with van der Waals surface area (Å²) in [6, 6.07) is 6.82. The second kappa shape index (κ2) is 7.20. The highest BCUT2D eigenvalue weighted by Gasteiger charge is 2.25. The molecule has 0 saturated heterocycles. The molecular weight excluding hydrogens is 390 g/mol. The van der Waals surface area contributed by atoms with Gasteiger partial charge in [0.25, 0.3) is 10.0 Å². The molecule has 29 heavy (non-hydrogen) atoms. The molecule has 3 aromatic rings. The molecule has 3 aromatic heterocycles. The van der Waals surface area contributed by atoms with Crippen LogP contribution in [0.15, 0.2) is 41.7 Å². The van der Waals surface area contributed by atoms with Crippen molar-refractivity contribution < 1.29 is 12.7 Å². The van der Waals surface area contributed by atoms with Gasteiger partial charge >= 0.3 is 0 Å². The molecule has 1 aliphatic rings. The molecule has 0 aromatic carbocycles. The molecule has 0 atom stereocenters. The number of hydrogen-bond acceptors (Lipinski definition) is 7. The first-order valence-corrected chi connectivity index (χ1v) is 10.8. The zero-order valence-corrected chi connectivity index (χ0v) is 17.3. The SMILES string of the molecule is CC(C)(C)NS(=O)(=O)c1ccc(-c2nccc(Nc3cc(C4CC4)[nH]n3)n2)cn1.[HH].[HH].[HH]. The molecule has 10 heteroatoms. The monoisotopic (exact) mass is 419 g/mol. The van der Waals surface area contributed by atoms with Crippen LogP contribution in [-0.2, 0) is 10.0 Å². The van der Waals surface area contributed by atoms with Gasteiger partial charge in [0.1, 0.15) is 5.82 Å². The minimum atomic E-state index is -3.69. The van der Waals surface area contributed by atoms with Crippen molar-refractivity contribution >= 4 is 21.7 Å². The number of aromatic nitrogens is 5. The highest BCUT2D eigenvalue weighted by Crippen LogP contribution is 2.39. The number of rotatable bonds is 6. The predicted octanol–water partition coefficient (Wildman–Crippen LogP) is 3.70. The van der Waals surface area contributed by atoms with E-state index in [-0.39, 0.29) is 9.31 Å². The van der Waals surface area contributed by atoms with Crippen molar-refractivity contribution in [3.63, 3.8) is 0 Å². The lowest BCUT2D eigenvalue weighted by atomic mass is 10.1. The number of nitrogens with one attached hydrogen (secondary N) is 3. The molecule has 158 valence electrons. The van der Waals surface area contributed by atoms with Gasteiger partial charge in [0, 0.05) is 45.5 Å². The molecule has 1 saturated carbocycles. The molecule has 3 N–H and O–H groups in total. The molecule has 0 spiro atoms. The van der Waals surface area contributed by atoms with Gasteiger partial charge in [-0.25, -0.2) is 28.1 Å². The Hall–Kier alpha value is -2.85. The van der Waals surface area contributed by atoms with Crippen molar-refractivity contribution in [3.05, 3.63) is 42.4 Å². The van der Waals surface area contributed by atoms with Crippen LogP contribution in [0.1, 0.15) is 49.5 Å². The van der Waals surface area contributed by atoms with Crippen LogP contribution in [0.25, 0.3) is 11.4 Å². The molecule has 0 radical (unpaired) electrons. The zero-order valence-electron chi connectivity index (χ0n) is 16.5. The van der Waals surface area contributed by atoms with Crippen molar-refractivity contribution in [3.8, 4) is 11.4 Å². The maximum absolute atomic E-state index is 12.4. The Morgan fingerprint density at radius 1 is 1.14 bits per heavy atom. The molecule has 4 rings (SSSR count). The third kappa shape index (κ3) is 4.77. The van der Waals surface area contributed by atoms with E-state index in [0.717, 1.165) is 5.69 Å². The van der Waals surface area contributed by atoms with Crippen LogP contribution in [0.4, 0.5) is 11.6 Å². The van der Waals surface area contributed by atoms with E-state index in [1.807, 2.05) is 6.07 Å². The zero-order chi connectivity index (χ0) is 20.6. The summed E-state index contributed by atoms with van der Waals surface area (Å²) in [5.74, 6) is 2.32. The van der Waals surface area contributed by atoms with E-state index < -0.39 is 15.6 Å². The van der Waals surface area contributed by atoms with E-state index in [4.69, 9.17) is 0 Å². The molecule has 9 nitrogen and oxygen atoms in total. The number of pyridine rings is 1. The van der Waals surface area contributed by atoms with E-state index in [1.165, 1.54) is 25.1 Å². The average Bonchev–Trinajstić information content (AvgIpc) is 3.40. The molecule has 0 amide bonds. The summed E-state index contributed by atoms with van der Waals surface area (Å²) in [6.45, 7) is 5.33. The number of hydrogen-bond donors (Lipinski definition) is 3. The van der Waals surface area contributed by atoms with Crippen LogP contribution in [0.3, 0.4) is 0 Å².